The zero-order chi connectivity index (χ0) is 23.9. The van der Waals surface area contributed by atoms with Gasteiger partial charge >= 0.3 is 0 Å². The minimum Gasteiger partial charge on any atom is -0.493 e. The maximum atomic E-state index is 11.5. The molecule has 0 N–H and O–H groups in total. The number of unbranched alkanes of at least 4 members (excludes halogenated alkanes) is 1. The number of carbonyl (C=O) groups is 1. The predicted octanol–water partition coefficient (Wildman–Crippen LogP) is 6.53. The fraction of sp³-hybridized carbons (Fsp3) is 0.321. The molecule has 0 spiro atoms. The Morgan fingerprint density at radius 1 is 0.941 bits per heavy atom. The van der Waals surface area contributed by atoms with Crippen molar-refractivity contribution in [2.75, 3.05) is 25.7 Å². The number of hydrogen-bond acceptors (Lipinski definition) is 5. The lowest BCUT2D eigenvalue weighted by molar-refractivity contribution is 0.111. The predicted molar refractivity (Wildman–Crippen MR) is 134 cm³/mol. The number of hydrogen-bond donors (Lipinski definition) is 0. The van der Waals surface area contributed by atoms with Gasteiger partial charge in [0.1, 0.15) is 31.3 Å². The van der Waals surface area contributed by atoms with Gasteiger partial charge in [-0.3, -0.25) is 4.79 Å². The van der Waals surface area contributed by atoms with Gasteiger partial charge in [-0.25, -0.2) is 0 Å². The van der Waals surface area contributed by atoms with Gasteiger partial charge in [-0.15, -0.1) is 11.6 Å². The zero-order valence-electron chi connectivity index (χ0n) is 19.6. The van der Waals surface area contributed by atoms with Crippen LogP contribution in [0.5, 0.6) is 23.0 Å². The number of benzene rings is 3. The lowest BCUT2D eigenvalue weighted by atomic mass is 9.96. The molecule has 0 aliphatic carbocycles. The van der Waals surface area contributed by atoms with E-state index >= 15 is 0 Å². The standard InChI is InChI=1S/C28H29ClO5/c1-19-14-23(17-30)27(31-11-4-3-10-29)16-26(19)34-18-22-6-5-7-24(20(22)2)21-8-9-25-28(15-21)33-13-12-32-25/h5-9,14-17H,3-4,10-13,18H2,1-2H3. The van der Waals surface area contributed by atoms with Crippen LogP contribution in [0.2, 0.25) is 0 Å². The molecule has 0 bridgehead atoms. The Labute approximate surface area is 205 Å². The molecule has 1 aliphatic rings. The summed E-state index contributed by atoms with van der Waals surface area (Å²) < 4.78 is 23.4. The van der Waals surface area contributed by atoms with Gasteiger partial charge in [0.15, 0.2) is 17.8 Å². The van der Waals surface area contributed by atoms with Crippen LogP contribution in [0.3, 0.4) is 0 Å². The van der Waals surface area contributed by atoms with E-state index in [2.05, 4.69) is 25.1 Å². The van der Waals surface area contributed by atoms with Crippen LogP contribution < -0.4 is 18.9 Å². The molecule has 0 amide bonds. The van der Waals surface area contributed by atoms with E-state index in [9.17, 15) is 4.79 Å². The summed E-state index contributed by atoms with van der Waals surface area (Å²) in [6.45, 7) is 6.07. The molecule has 0 radical (unpaired) electrons. The normalized spacial score (nSPS) is 12.3. The molecule has 5 nitrogen and oxygen atoms in total. The van der Waals surface area contributed by atoms with Gasteiger partial charge in [0.2, 0.25) is 0 Å². The first-order valence-corrected chi connectivity index (χ1v) is 12.0. The van der Waals surface area contributed by atoms with E-state index in [-0.39, 0.29) is 0 Å². The maximum Gasteiger partial charge on any atom is 0.161 e. The van der Waals surface area contributed by atoms with Crippen LogP contribution in [-0.4, -0.2) is 32.0 Å². The van der Waals surface area contributed by atoms with Gasteiger partial charge in [0.25, 0.3) is 0 Å². The summed E-state index contributed by atoms with van der Waals surface area (Å²) in [5.74, 6) is 3.38. The van der Waals surface area contributed by atoms with Gasteiger partial charge in [-0.1, -0.05) is 24.3 Å². The molecular formula is C28H29ClO5. The molecule has 0 fully saturated rings. The molecule has 178 valence electrons. The Morgan fingerprint density at radius 3 is 2.56 bits per heavy atom. The smallest absolute Gasteiger partial charge is 0.161 e. The third-order valence-corrected chi connectivity index (χ3v) is 6.17. The van der Waals surface area contributed by atoms with Crippen molar-refractivity contribution in [3.63, 3.8) is 0 Å². The summed E-state index contributed by atoms with van der Waals surface area (Å²) in [4.78, 5) is 11.5. The Morgan fingerprint density at radius 2 is 1.76 bits per heavy atom. The number of halogens is 1. The van der Waals surface area contributed by atoms with Crippen molar-refractivity contribution in [3.8, 4) is 34.1 Å². The van der Waals surface area contributed by atoms with E-state index in [4.69, 9.17) is 30.5 Å². The summed E-state index contributed by atoms with van der Waals surface area (Å²) >= 11 is 5.74. The van der Waals surface area contributed by atoms with E-state index < -0.39 is 0 Å². The highest BCUT2D eigenvalue weighted by atomic mass is 35.5. The number of rotatable bonds is 10. The number of aryl methyl sites for hydroxylation is 1. The van der Waals surface area contributed by atoms with Gasteiger partial charge in [-0.05, 0) is 72.7 Å². The summed E-state index contributed by atoms with van der Waals surface area (Å²) in [5.41, 5.74) is 5.82. The molecule has 6 heteroatoms. The van der Waals surface area contributed by atoms with Gasteiger partial charge in [0.05, 0.1) is 12.2 Å². The first-order chi connectivity index (χ1) is 16.6. The molecule has 4 rings (SSSR count). The zero-order valence-corrected chi connectivity index (χ0v) is 20.3. The van der Waals surface area contributed by atoms with E-state index in [1.807, 2.05) is 25.1 Å². The van der Waals surface area contributed by atoms with E-state index in [1.165, 1.54) is 0 Å². The van der Waals surface area contributed by atoms with Crippen molar-refractivity contribution in [2.45, 2.75) is 33.3 Å². The molecule has 3 aromatic rings. The molecule has 1 heterocycles. The third kappa shape index (κ3) is 5.48. The summed E-state index contributed by atoms with van der Waals surface area (Å²) in [6.07, 6.45) is 2.51. The highest BCUT2D eigenvalue weighted by Crippen LogP contribution is 2.36. The number of ether oxygens (including phenoxy) is 4. The monoisotopic (exact) mass is 480 g/mol. The minimum atomic E-state index is 0.400. The molecule has 3 aromatic carbocycles. The summed E-state index contributed by atoms with van der Waals surface area (Å²) in [5, 5.41) is 0. The lowest BCUT2D eigenvalue weighted by Gasteiger charge is -2.20. The molecule has 1 aliphatic heterocycles. The van der Waals surface area contributed by atoms with Crippen LogP contribution in [0.4, 0.5) is 0 Å². The van der Waals surface area contributed by atoms with Gasteiger partial charge in [-0.2, -0.15) is 0 Å². The van der Waals surface area contributed by atoms with Crippen LogP contribution in [-0.2, 0) is 6.61 Å². The Bertz CT molecular complexity index is 1160. The molecular weight excluding hydrogens is 452 g/mol. The molecule has 0 unspecified atom stereocenters. The first-order valence-electron chi connectivity index (χ1n) is 11.5. The highest BCUT2D eigenvalue weighted by molar-refractivity contribution is 6.17. The maximum absolute atomic E-state index is 11.5. The van der Waals surface area contributed by atoms with Crippen molar-refractivity contribution in [2.24, 2.45) is 0 Å². The number of fused-ring (bicyclic) bond motifs is 1. The van der Waals surface area contributed by atoms with E-state index in [0.29, 0.717) is 49.4 Å². The fourth-order valence-electron chi connectivity index (χ4n) is 3.96. The largest absolute Gasteiger partial charge is 0.493 e. The van der Waals surface area contributed by atoms with Crippen LogP contribution in [0, 0.1) is 13.8 Å². The van der Waals surface area contributed by atoms with Crippen molar-refractivity contribution in [1.82, 2.24) is 0 Å². The Balaban J connectivity index is 1.52. The average molecular weight is 481 g/mol. The lowest BCUT2D eigenvalue weighted by Crippen LogP contribution is -2.15. The second-order valence-corrected chi connectivity index (χ2v) is 8.63. The molecule has 34 heavy (non-hydrogen) atoms. The number of aldehydes is 1. The average Bonchev–Trinajstić information content (AvgIpc) is 2.86. The Kier molecular flexibility index (Phi) is 7.96. The van der Waals surface area contributed by atoms with Crippen LogP contribution in [0.1, 0.15) is 39.9 Å². The summed E-state index contributed by atoms with van der Waals surface area (Å²) in [6, 6.07) is 15.8. The first kappa shape index (κ1) is 24.0. The van der Waals surface area contributed by atoms with Crippen molar-refractivity contribution < 1.29 is 23.7 Å². The third-order valence-electron chi connectivity index (χ3n) is 5.90. The molecule has 0 atom stereocenters. The molecule has 0 aromatic heterocycles. The molecule has 0 saturated heterocycles. The second-order valence-electron chi connectivity index (χ2n) is 8.25. The van der Waals surface area contributed by atoms with Crippen LogP contribution >= 0.6 is 11.6 Å². The van der Waals surface area contributed by atoms with Crippen molar-refractivity contribution in [3.05, 3.63) is 70.8 Å². The topological polar surface area (TPSA) is 54.0 Å². The quantitative estimate of drug-likeness (QED) is 0.187. The van der Waals surface area contributed by atoms with Crippen LogP contribution in [0.15, 0.2) is 48.5 Å². The number of alkyl halides is 1. The second kappa shape index (κ2) is 11.3. The van der Waals surface area contributed by atoms with E-state index in [0.717, 1.165) is 58.4 Å². The Hall–Kier alpha value is -3.18. The molecule has 0 saturated carbocycles. The van der Waals surface area contributed by atoms with Crippen molar-refractivity contribution in [1.29, 1.82) is 0 Å². The SMILES string of the molecule is Cc1cc(C=O)c(OCCCCCl)cc1OCc1cccc(-c2ccc3c(c2)OCCO3)c1C. The van der Waals surface area contributed by atoms with Gasteiger partial charge in [0, 0.05) is 11.9 Å². The van der Waals surface area contributed by atoms with Crippen LogP contribution in [0.25, 0.3) is 11.1 Å². The number of carbonyl (C=O) groups excluding carboxylic acids is 1. The fourth-order valence-corrected chi connectivity index (χ4v) is 4.15. The van der Waals surface area contributed by atoms with Gasteiger partial charge < -0.3 is 18.9 Å². The summed E-state index contributed by atoms with van der Waals surface area (Å²) in [7, 11) is 0. The highest BCUT2D eigenvalue weighted by Gasteiger charge is 2.15. The van der Waals surface area contributed by atoms with E-state index in [1.54, 1.807) is 12.1 Å². The minimum absolute atomic E-state index is 0.400. The van der Waals surface area contributed by atoms with Crippen molar-refractivity contribution >= 4 is 17.9 Å².